The molecule has 178 valence electrons. The number of hydrogen-bond donors (Lipinski definition) is 1. The highest BCUT2D eigenvalue weighted by molar-refractivity contribution is 5.98. The Labute approximate surface area is 200 Å². The van der Waals surface area contributed by atoms with Crippen LogP contribution in [0.4, 0.5) is 14.6 Å². The Hall–Kier alpha value is -4.08. The molecule has 1 aliphatic carbocycles. The summed E-state index contributed by atoms with van der Waals surface area (Å²) in [6, 6.07) is 5.81. The fourth-order valence-corrected chi connectivity index (χ4v) is 4.44. The van der Waals surface area contributed by atoms with Crippen molar-refractivity contribution < 1.29 is 13.6 Å². The van der Waals surface area contributed by atoms with Gasteiger partial charge in [-0.25, -0.2) is 28.7 Å². The van der Waals surface area contributed by atoms with Gasteiger partial charge in [-0.1, -0.05) is 0 Å². The topological polar surface area (TPSA) is 111 Å². The minimum Gasteiger partial charge on any atom is -0.383 e. The summed E-state index contributed by atoms with van der Waals surface area (Å²) < 4.78 is 25.9. The van der Waals surface area contributed by atoms with Crippen molar-refractivity contribution in [2.45, 2.75) is 45.2 Å². The van der Waals surface area contributed by atoms with Crippen molar-refractivity contribution in [1.29, 1.82) is 0 Å². The van der Waals surface area contributed by atoms with Crippen LogP contribution in [0.2, 0.25) is 0 Å². The van der Waals surface area contributed by atoms with Crippen LogP contribution in [0.25, 0.3) is 11.0 Å². The van der Waals surface area contributed by atoms with Gasteiger partial charge in [0, 0.05) is 35.7 Å². The zero-order valence-electron chi connectivity index (χ0n) is 19.0. The lowest BCUT2D eigenvalue weighted by Gasteiger charge is -2.28. The molecule has 1 atom stereocenters. The first-order valence-electron chi connectivity index (χ1n) is 11.3. The van der Waals surface area contributed by atoms with Crippen LogP contribution in [0.5, 0.6) is 0 Å². The van der Waals surface area contributed by atoms with Crippen molar-refractivity contribution in [3.05, 3.63) is 82.8 Å². The van der Waals surface area contributed by atoms with E-state index < -0.39 is 12.5 Å². The zero-order valence-corrected chi connectivity index (χ0v) is 19.0. The van der Waals surface area contributed by atoms with E-state index in [4.69, 9.17) is 5.73 Å². The van der Waals surface area contributed by atoms with Crippen LogP contribution in [0, 0.1) is 0 Å². The summed E-state index contributed by atoms with van der Waals surface area (Å²) in [7, 11) is 0. The minimum atomic E-state index is -2.61. The number of fused-ring (bicyclic) bond motifs is 3. The molecule has 0 fully saturated rings. The second kappa shape index (κ2) is 9.28. The molecule has 0 spiro atoms. The Balaban J connectivity index is 1.53. The fourth-order valence-electron chi connectivity index (χ4n) is 4.44. The molecule has 1 aliphatic rings. The second-order valence-electron chi connectivity index (χ2n) is 8.50. The van der Waals surface area contributed by atoms with Crippen LogP contribution in [0.1, 0.15) is 64.4 Å². The molecule has 1 amide bonds. The molecule has 2 N–H and O–H groups in total. The van der Waals surface area contributed by atoms with Gasteiger partial charge >= 0.3 is 0 Å². The Kier molecular flexibility index (Phi) is 6.02. The third-order valence-corrected chi connectivity index (χ3v) is 6.31. The van der Waals surface area contributed by atoms with Crippen LogP contribution in [0.15, 0.2) is 49.1 Å². The van der Waals surface area contributed by atoms with E-state index in [1.54, 1.807) is 29.4 Å². The number of amides is 1. The number of aromatic nitrogens is 5. The number of anilines is 1. The fraction of sp³-hybridized carbons (Fsp3) is 0.280. The summed E-state index contributed by atoms with van der Waals surface area (Å²) in [5, 5.41) is 0.820. The van der Waals surface area contributed by atoms with Gasteiger partial charge in [-0.2, -0.15) is 0 Å². The van der Waals surface area contributed by atoms with E-state index in [9.17, 15) is 13.6 Å². The molecule has 0 saturated carbocycles. The maximum Gasteiger partial charge on any atom is 0.265 e. The number of halogens is 2. The van der Waals surface area contributed by atoms with Crippen molar-refractivity contribution >= 4 is 22.8 Å². The minimum absolute atomic E-state index is 0.0813. The molecular formula is C25H23F2N7O. The Morgan fingerprint density at radius 1 is 1.09 bits per heavy atom. The molecule has 4 aromatic heterocycles. The molecule has 0 radical (unpaired) electrons. The quantitative estimate of drug-likeness (QED) is 0.444. The average molecular weight is 476 g/mol. The Bertz CT molecular complexity index is 1380. The first kappa shape index (κ1) is 22.7. The number of hydrogen-bond acceptors (Lipinski definition) is 7. The summed E-state index contributed by atoms with van der Waals surface area (Å²) in [6.07, 6.45) is 5.91. The van der Waals surface area contributed by atoms with E-state index in [0.29, 0.717) is 28.5 Å². The number of pyridine rings is 3. The number of carbonyl (C=O) groups is 1. The zero-order chi connectivity index (χ0) is 24.5. The van der Waals surface area contributed by atoms with E-state index in [-0.39, 0.29) is 18.0 Å². The number of rotatable bonds is 6. The Morgan fingerprint density at radius 2 is 1.86 bits per heavy atom. The van der Waals surface area contributed by atoms with Crippen molar-refractivity contribution in [3.8, 4) is 0 Å². The highest BCUT2D eigenvalue weighted by atomic mass is 19.3. The van der Waals surface area contributed by atoms with Crippen LogP contribution < -0.4 is 5.73 Å². The highest BCUT2D eigenvalue weighted by Crippen LogP contribution is 2.32. The lowest BCUT2D eigenvalue weighted by molar-refractivity contribution is 0.0663. The second-order valence-corrected chi connectivity index (χ2v) is 8.50. The molecule has 0 unspecified atom stereocenters. The summed E-state index contributed by atoms with van der Waals surface area (Å²) in [6.45, 7) is 1.90. The van der Waals surface area contributed by atoms with Gasteiger partial charge in [-0.3, -0.25) is 9.78 Å². The lowest BCUT2D eigenvalue weighted by Crippen LogP contribution is -2.34. The molecule has 8 nitrogen and oxygen atoms in total. The lowest BCUT2D eigenvalue weighted by atomic mass is 10.0. The standard InChI is InChI=1S/C25H23F2N7O/c1-14(23-29-8-3-9-30-23)34(13-17-7-6-15(11-31-17)21(26)27)25(35)16-10-20-18-4-2-5-19(18)22(28)33-24(20)32-12-16/h3,6-12,14,21H,2,4-5,13H2,1H3,(H2,28,32,33)/t14-/m1/s1. The smallest absolute Gasteiger partial charge is 0.265 e. The number of carbonyl (C=O) groups excluding carboxylic acids is 1. The third kappa shape index (κ3) is 4.39. The number of aryl methyl sites for hydroxylation is 1. The van der Waals surface area contributed by atoms with E-state index in [0.717, 1.165) is 42.0 Å². The molecule has 4 heterocycles. The molecule has 0 aliphatic heterocycles. The maximum atomic E-state index is 13.8. The largest absolute Gasteiger partial charge is 0.383 e. The monoisotopic (exact) mass is 475 g/mol. The molecule has 35 heavy (non-hydrogen) atoms. The van der Waals surface area contributed by atoms with Gasteiger partial charge in [0.2, 0.25) is 0 Å². The number of nitrogens with two attached hydrogens (primary N) is 1. The van der Waals surface area contributed by atoms with E-state index in [2.05, 4.69) is 24.9 Å². The van der Waals surface area contributed by atoms with Crippen LogP contribution in [-0.4, -0.2) is 35.7 Å². The number of nitrogen functional groups attached to an aromatic ring is 1. The molecule has 4 aromatic rings. The van der Waals surface area contributed by atoms with Gasteiger partial charge in [-0.05, 0) is 61.6 Å². The van der Waals surface area contributed by atoms with Gasteiger partial charge in [-0.15, -0.1) is 0 Å². The van der Waals surface area contributed by atoms with Gasteiger partial charge in [0.05, 0.1) is 23.8 Å². The maximum absolute atomic E-state index is 13.8. The molecule has 0 bridgehead atoms. The molecule has 10 heteroatoms. The molecule has 0 saturated heterocycles. The van der Waals surface area contributed by atoms with Crippen molar-refractivity contribution in [3.63, 3.8) is 0 Å². The Morgan fingerprint density at radius 3 is 2.57 bits per heavy atom. The van der Waals surface area contributed by atoms with Gasteiger partial charge in [0.1, 0.15) is 11.6 Å². The summed E-state index contributed by atoms with van der Waals surface area (Å²) >= 11 is 0. The normalized spacial score (nSPS) is 13.7. The van der Waals surface area contributed by atoms with Crippen molar-refractivity contribution in [1.82, 2.24) is 29.8 Å². The molecule has 5 rings (SSSR count). The molecule has 0 aromatic carbocycles. The third-order valence-electron chi connectivity index (χ3n) is 6.31. The van der Waals surface area contributed by atoms with Crippen LogP contribution in [-0.2, 0) is 19.4 Å². The summed E-state index contributed by atoms with van der Waals surface area (Å²) in [4.78, 5) is 36.9. The van der Waals surface area contributed by atoms with Crippen LogP contribution >= 0.6 is 0 Å². The molecular weight excluding hydrogens is 452 g/mol. The van der Waals surface area contributed by atoms with E-state index in [1.807, 2.05) is 6.92 Å². The highest BCUT2D eigenvalue weighted by Gasteiger charge is 2.27. The summed E-state index contributed by atoms with van der Waals surface area (Å²) in [5.74, 6) is 0.642. The SMILES string of the molecule is C[C@H](c1ncccn1)N(Cc1ccc(C(F)F)cn1)C(=O)c1cnc2nc(N)c3c(c2c1)CCC3. The van der Waals surface area contributed by atoms with Crippen molar-refractivity contribution in [2.75, 3.05) is 5.73 Å². The van der Waals surface area contributed by atoms with E-state index >= 15 is 0 Å². The summed E-state index contributed by atoms with van der Waals surface area (Å²) in [5.41, 5.74) is 9.40. The van der Waals surface area contributed by atoms with Gasteiger partial charge in [0.25, 0.3) is 12.3 Å². The first-order valence-corrected chi connectivity index (χ1v) is 11.3. The van der Waals surface area contributed by atoms with E-state index in [1.165, 1.54) is 18.3 Å². The number of nitrogens with zero attached hydrogens (tertiary/aromatic N) is 6. The van der Waals surface area contributed by atoms with Crippen LogP contribution in [0.3, 0.4) is 0 Å². The van der Waals surface area contributed by atoms with Gasteiger partial charge < -0.3 is 10.6 Å². The average Bonchev–Trinajstić information content (AvgIpc) is 3.38. The first-order chi connectivity index (χ1) is 16.9. The predicted molar refractivity (Wildman–Crippen MR) is 125 cm³/mol. The predicted octanol–water partition coefficient (Wildman–Crippen LogP) is 4.23. The van der Waals surface area contributed by atoms with Crippen molar-refractivity contribution in [2.24, 2.45) is 0 Å². The number of alkyl halides is 2. The van der Waals surface area contributed by atoms with Gasteiger partial charge in [0.15, 0.2) is 5.65 Å².